The highest BCUT2D eigenvalue weighted by Gasteiger charge is 2.34. The Bertz CT molecular complexity index is 646. The summed E-state index contributed by atoms with van der Waals surface area (Å²) < 4.78 is 39.0. The van der Waals surface area contributed by atoms with Gasteiger partial charge in [0.2, 0.25) is 0 Å². The third-order valence-electron chi connectivity index (χ3n) is 2.75. The van der Waals surface area contributed by atoms with Crippen molar-refractivity contribution < 1.29 is 28.2 Å². The summed E-state index contributed by atoms with van der Waals surface area (Å²) in [4.78, 5) is 10.8. The zero-order chi connectivity index (χ0) is 14.9. The van der Waals surface area contributed by atoms with E-state index in [0.717, 1.165) is 12.1 Å². The monoisotopic (exact) mass is 282 g/mol. The van der Waals surface area contributed by atoms with Gasteiger partial charge in [0.1, 0.15) is 5.75 Å². The van der Waals surface area contributed by atoms with Crippen LogP contribution in [-0.2, 0) is 6.18 Å². The van der Waals surface area contributed by atoms with E-state index < -0.39 is 23.3 Å². The maximum absolute atomic E-state index is 13.0. The molecule has 6 heteroatoms. The zero-order valence-corrected chi connectivity index (χ0v) is 9.98. The largest absolute Gasteiger partial charge is 0.508 e. The van der Waals surface area contributed by atoms with Crippen molar-refractivity contribution in [3.8, 4) is 16.9 Å². The summed E-state index contributed by atoms with van der Waals surface area (Å²) in [5, 5.41) is 17.9. The van der Waals surface area contributed by atoms with Crippen molar-refractivity contribution in [3.05, 3.63) is 53.6 Å². The lowest BCUT2D eigenvalue weighted by Crippen LogP contribution is -2.09. The van der Waals surface area contributed by atoms with Crippen LogP contribution in [0.25, 0.3) is 11.1 Å². The van der Waals surface area contributed by atoms with Crippen LogP contribution < -0.4 is 0 Å². The van der Waals surface area contributed by atoms with Gasteiger partial charge >= 0.3 is 12.1 Å². The Labute approximate surface area is 111 Å². The fraction of sp³-hybridized carbons (Fsp3) is 0.0714. The van der Waals surface area contributed by atoms with Gasteiger partial charge in [-0.3, -0.25) is 0 Å². The summed E-state index contributed by atoms with van der Waals surface area (Å²) in [6, 6.07) is 8.02. The number of carboxylic acids is 1. The van der Waals surface area contributed by atoms with E-state index in [0.29, 0.717) is 6.07 Å². The quantitative estimate of drug-likeness (QED) is 0.881. The van der Waals surface area contributed by atoms with Crippen LogP contribution in [0.3, 0.4) is 0 Å². The van der Waals surface area contributed by atoms with Gasteiger partial charge in [0.05, 0.1) is 11.1 Å². The molecule has 0 unspecified atom stereocenters. The van der Waals surface area contributed by atoms with Crippen LogP contribution in [0.4, 0.5) is 13.2 Å². The summed E-state index contributed by atoms with van der Waals surface area (Å²) >= 11 is 0. The molecule has 0 bridgehead atoms. The fourth-order valence-electron chi connectivity index (χ4n) is 1.80. The molecule has 0 heterocycles. The maximum Gasteiger partial charge on any atom is 0.417 e. The molecule has 20 heavy (non-hydrogen) atoms. The van der Waals surface area contributed by atoms with E-state index in [1.54, 1.807) is 0 Å². The summed E-state index contributed by atoms with van der Waals surface area (Å²) in [5.41, 5.74) is -1.35. The Morgan fingerprint density at radius 1 is 1.00 bits per heavy atom. The second kappa shape index (κ2) is 4.88. The second-order valence-corrected chi connectivity index (χ2v) is 4.11. The SMILES string of the molecule is O=C(O)c1ccc(-c2ccc(O)cc2)c(C(F)(F)F)c1. The molecule has 104 valence electrons. The van der Waals surface area contributed by atoms with Gasteiger partial charge in [-0.05, 0) is 35.4 Å². The van der Waals surface area contributed by atoms with Crippen molar-refractivity contribution in [2.24, 2.45) is 0 Å². The lowest BCUT2D eigenvalue weighted by Gasteiger charge is -2.14. The average Bonchev–Trinajstić information content (AvgIpc) is 2.38. The smallest absolute Gasteiger partial charge is 0.417 e. The van der Waals surface area contributed by atoms with Gasteiger partial charge in [-0.2, -0.15) is 13.2 Å². The molecule has 3 nitrogen and oxygen atoms in total. The number of benzene rings is 2. The van der Waals surface area contributed by atoms with Crippen molar-refractivity contribution >= 4 is 5.97 Å². The minimum absolute atomic E-state index is 0.0653. The van der Waals surface area contributed by atoms with Crippen LogP contribution in [0.1, 0.15) is 15.9 Å². The van der Waals surface area contributed by atoms with Gasteiger partial charge < -0.3 is 10.2 Å². The number of phenols is 1. The highest BCUT2D eigenvalue weighted by Crippen LogP contribution is 2.38. The molecule has 2 aromatic rings. The molecule has 0 amide bonds. The Morgan fingerprint density at radius 3 is 2.10 bits per heavy atom. The molecule has 0 saturated heterocycles. The fourth-order valence-corrected chi connectivity index (χ4v) is 1.80. The average molecular weight is 282 g/mol. The van der Waals surface area contributed by atoms with Crippen LogP contribution in [-0.4, -0.2) is 16.2 Å². The Balaban J connectivity index is 2.63. The van der Waals surface area contributed by atoms with Gasteiger partial charge in [0, 0.05) is 0 Å². The molecule has 0 aliphatic heterocycles. The van der Waals surface area contributed by atoms with Crippen molar-refractivity contribution in [2.45, 2.75) is 6.18 Å². The predicted molar refractivity (Wildman–Crippen MR) is 65.5 cm³/mol. The molecule has 2 rings (SSSR count). The van der Waals surface area contributed by atoms with E-state index >= 15 is 0 Å². The van der Waals surface area contributed by atoms with Crippen LogP contribution in [0.15, 0.2) is 42.5 Å². The van der Waals surface area contributed by atoms with Crippen LogP contribution in [0, 0.1) is 0 Å². The van der Waals surface area contributed by atoms with E-state index in [4.69, 9.17) is 10.2 Å². The first-order valence-electron chi connectivity index (χ1n) is 5.53. The van der Waals surface area contributed by atoms with Crippen molar-refractivity contribution in [1.29, 1.82) is 0 Å². The summed E-state index contributed by atoms with van der Waals surface area (Å²) in [7, 11) is 0. The zero-order valence-electron chi connectivity index (χ0n) is 9.98. The number of aromatic carboxylic acids is 1. The molecule has 0 radical (unpaired) electrons. The van der Waals surface area contributed by atoms with E-state index in [-0.39, 0.29) is 16.9 Å². The molecule has 0 saturated carbocycles. The van der Waals surface area contributed by atoms with E-state index in [1.807, 2.05) is 0 Å². The highest BCUT2D eigenvalue weighted by molar-refractivity contribution is 5.89. The maximum atomic E-state index is 13.0. The van der Waals surface area contributed by atoms with Gasteiger partial charge in [0.25, 0.3) is 0 Å². The molecule has 0 aliphatic rings. The number of rotatable bonds is 2. The topological polar surface area (TPSA) is 57.5 Å². The summed E-state index contributed by atoms with van der Waals surface area (Å²) in [6.45, 7) is 0. The molecular formula is C14H9F3O3. The minimum Gasteiger partial charge on any atom is -0.508 e. The molecular weight excluding hydrogens is 273 g/mol. The number of carbonyl (C=O) groups is 1. The van der Waals surface area contributed by atoms with Crippen LogP contribution in [0.2, 0.25) is 0 Å². The van der Waals surface area contributed by atoms with E-state index in [2.05, 4.69) is 0 Å². The first-order chi connectivity index (χ1) is 9.29. The Morgan fingerprint density at radius 2 is 1.60 bits per heavy atom. The minimum atomic E-state index is -4.67. The molecule has 0 aromatic heterocycles. The van der Waals surface area contributed by atoms with Gasteiger partial charge in [-0.25, -0.2) is 4.79 Å². The number of phenolic OH excluding ortho intramolecular Hbond substituents is 1. The number of aromatic hydroxyl groups is 1. The molecule has 0 aliphatic carbocycles. The normalized spacial score (nSPS) is 11.3. The summed E-state index contributed by atoms with van der Waals surface area (Å²) in [6.07, 6.45) is -4.67. The molecule has 2 aromatic carbocycles. The summed E-state index contributed by atoms with van der Waals surface area (Å²) in [5.74, 6) is -1.49. The van der Waals surface area contributed by atoms with Crippen molar-refractivity contribution in [1.82, 2.24) is 0 Å². The predicted octanol–water partition coefficient (Wildman–Crippen LogP) is 3.78. The number of alkyl halides is 3. The molecule has 0 spiro atoms. The number of carboxylic acid groups (broad SMARTS) is 1. The second-order valence-electron chi connectivity index (χ2n) is 4.11. The van der Waals surface area contributed by atoms with E-state index in [1.165, 1.54) is 24.3 Å². The third-order valence-corrected chi connectivity index (χ3v) is 2.75. The van der Waals surface area contributed by atoms with E-state index in [9.17, 15) is 18.0 Å². The van der Waals surface area contributed by atoms with Gasteiger partial charge in [-0.15, -0.1) is 0 Å². The van der Waals surface area contributed by atoms with Crippen LogP contribution in [0.5, 0.6) is 5.75 Å². The van der Waals surface area contributed by atoms with Crippen molar-refractivity contribution in [2.75, 3.05) is 0 Å². The lowest BCUT2D eigenvalue weighted by molar-refractivity contribution is -0.137. The Kier molecular flexibility index (Phi) is 3.40. The highest BCUT2D eigenvalue weighted by atomic mass is 19.4. The van der Waals surface area contributed by atoms with Gasteiger partial charge in [0.15, 0.2) is 0 Å². The van der Waals surface area contributed by atoms with Gasteiger partial charge in [-0.1, -0.05) is 18.2 Å². The molecule has 2 N–H and O–H groups in total. The number of halogens is 3. The first kappa shape index (κ1) is 13.9. The third kappa shape index (κ3) is 2.74. The lowest BCUT2D eigenvalue weighted by atomic mass is 9.97. The number of hydrogen-bond donors (Lipinski definition) is 2. The van der Waals surface area contributed by atoms with Crippen molar-refractivity contribution in [3.63, 3.8) is 0 Å². The van der Waals surface area contributed by atoms with Crippen LogP contribution >= 0.6 is 0 Å². The number of hydrogen-bond acceptors (Lipinski definition) is 2. The standard InChI is InChI=1S/C14H9F3O3/c15-14(16,17)12-7-9(13(19)20)3-6-11(12)8-1-4-10(18)5-2-8/h1-7,18H,(H,19,20). The molecule has 0 fully saturated rings. The first-order valence-corrected chi connectivity index (χ1v) is 5.53. The molecule has 0 atom stereocenters. The Hall–Kier alpha value is -2.50.